The predicted octanol–water partition coefficient (Wildman–Crippen LogP) is 4.06. The molecule has 2 atom stereocenters. The van der Waals surface area contributed by atoms with Gasteiger partial charge in [-0.05, 0) is 49.8 Å². The van der Waals surface area contributed by atoms with Gasteiger partial charge in [0.25, 0.3) is 5.91 Å². The lowest BCUT2D eigenvalue weighted by atomic mass is 9.86. The Hall–Kier alpha value is -2.10. The van der Waals surface area contributed by atoms with E-state index in [-0.39, 0.29) is 11.9 Å². The van der Waals surface area contributed by atoms with Crippen LogP contribution >= 0.6 is 0 Å². The topological polar surface area (TPSA) is 46.9 Å². The average Bonchev–Trinajstić information content (AvgIpc) is 3.36. The summed E-state index contributed by atoms with van der Waals surface area (Å²) in [5.41, 5.74) is 2.67. The third-order valence-corrected chi connectivity index (χ3v) is 5.39. The van der Waals surface area contributed by atoms with Crippen molar-refractivity contribution >= 4 is 5.91 Å². The Morgan fingerprint density at radius 1 is 1.12 bits per heavy atom. The molecule has 0 radical (unpaired) electrons. The molecular weight excluding hydrogens is 298 g/mol. The summed E-state index contributed by atoms with van der Waals surface area (Å²) < 4.78 is 1.82. The summed E-state index contributed by atoms with van der Waals surface area (Å²) in [7, 11) is 0. The van der Waals surface area contributed by atoms with Crippen LogP contribution in [0.1, 0.15) is 67.5 Å². The molecule has 4 rings (SSSR count). The molecule has 1 aromatic carbocycles. The van der Waals surface area contributed by atoms with Crippen LogP contribution in [0.5, 0.6) is 0 Å². The molecule has 0 spiro atoms. The third-order valence-electron chi connectivity index (χ3n) is 5.39. The van der Waals surface area contributed by atoms with Gasteiger partial charge < -0.3 is 5.32 Å². The first-order chi connectivity index (χ1) is 11.7. The van der Waals surface area contributed by atoms with Crippen LogP contribution in [-0.2, 0) is 0 Å². The maximum Gasteiger partial charge on any atom is 0.270 e. The zero-order valence-electron chi connectivity index (χ0n) is 14.2. The van der Waals surface area contributed by atoms with Crippen LogP contribution in [0.2, 0.25) is 0 Å². The summed E-state index contributed by atoms with van der Waals surface area (Å²) >= 11 is 0. The standard InChI is InChI=1S/C20H25N3O/c1-14-7-5-6-10-17(14)21-20(24)19-13-18(15-11-12-15)22-23(19)16-8-3-2-4-9-16/h2-4,8-9,13-15,17H,5-7,10-12H2,1H3,(H,21,24). The number of nitrogens with zero attached hydrogens (tertiary/aromatic N) is 2. The van der Waals surface area contributed by atoms with Crippen molar-refractivity contribution in [1.29, 1.82) is 0 Å². The number of nitrogens with one attached hydrogen (secondary N) is 1. The van der Waals surface area contributed by atoms with E-state index in [0.717, 1.165) is 17.8 Å². The van der Waals surface area contributed by atoms with Gasteiger partial charge in [-0.15, -0.1) is 0 Å². The van der Waals surface area contributed by atoms with Gasteiger partial charge in [0.1, 0.15) is 5.69 Å². The van der Waals surface area contributed by atoms with E-state index < -0.39 is 0 Å². The minimum Gasteiger partial charge on any atom is -0.348 e. The Bertz CT molecular complexity index is 718. The van der Waals surface area contributed by atoms with Gasteiger partial charge in [-0.25, -0.2) is 4.68 Å². The number of hydrogen-bond acceptors (Lipinski definition) is 2. The first-order valence-electron chi connectivity index (χ1n) is 9.18. The van der Waals surface area contributed by atoms with Crippen LogP contribution in [0.4, 0.5) is 0 Å². The van der Waals surface area contributed by atoms with Crippen LogP contribution in [0.25, 0.3) is 5.69 Å². The Morgan fingerprint density at radius 2 is 1.88 bits per heavy atom. The van der Waals surface area contributed by atoms with E-state index in [2.05, 4.69) is 12.2 Å². The SMILES string of the molecule is CC1CCCCC1NC(=O)c1cc(C2CC2)nn1-c1ccccc1. The zero-order valence-corrected chi connectivity index (χ0v) is 14.2. The van der Waals surface area contributed by atoms with E-state index in [1.165, 1.54) is 32.1 Å². The fraction of sp³-hybridized carbons (Fsp3) is 0.500. The van der Waals surface area contributed by atoms with Crippen LogP contribution in [0, 0.1) is 5.92 Å². The van der Waals surface area contributed by atoms with E-state index in [1.807, 2.05) is 41.1 Å². The van der Waals surface area contributed by atoms with Crippen LogP contribution in [-0.4, -0.2) is 21.7 Å². The second-order valence-electron chi connectivity index (χ2n) is 7.32. The normalized spacial score (nSPS) is 23.9. The number of amides is 1. The van der Waals surface area contributed by atoms with Crippen molar-refractivity contribution in [2.75, 3.05) is 0 Å². The van der Waals surface area contributed by atoms with Crippen molar-refractivity contribution in [1.82, 2.24) is 15.1 Å². The van der Waals surface area contributed by atoms with Crippen molar-refractivity contribution in [2.45, 2.75) is 57.4 Å². The Morgan fingerprint density at radius 3 is 2.58 bits per heavy atom. The van der Waals surface area contributed by atoms with Crippen molar-refractivity contribution in [3.8, 4) is 5.69 Å². The number of para-hydroxylation sites is 1. The number of rotatable bonds is 4. The molecule has 2 aliphatic carbocycles. The van der Waals surface area contributed by atoms with Crippen LogP contribution < -0.4 is 5.32 Å². The fourth-order valence-electron chi connectivity index (χ4n) is 3.68. The molecule has 0 saturated heterocycles. The highest BCUT2D eigenvalue weighted by Gasteiger charge is 2.30. The largest absolute Gasteiger partial charge is 0.348 e. The van der Waals surface area contributed by atoms with E-state index in [9.17, 15) is 4.79 Å². The summed E-state index contributed by atoms with van der Waals surface area (Å²) in [5, 5.41) is 8.00. The van der Waals surface area contributed by atoms with Crippen LogP contribution in [0.15, 0.2) is 36.4 Å². The molecule has 4 heteroatoms. The molecule has 0 bridgehead atoms. The summed E-state index contributed by atoms with van der Waals surface area (Å²) in [6.07, 6.45) is 7.15. The van der Waals surface area contributed by atoms with Crippen molar-refractivity contribution in [3.05, 3.63) is 47.8 Å². The van der Waals surface area contributed by atoms with Gasteiger partial charge in [0.05, 0.1) is 11.4 Å². The second kappa shape index (κ2) is 6.42. The van der Waals surface area contributed by atoms with Gasteiger partial charge in [0, 0.05) is 12.0 Å². The number of aromatic nitrogens is 2. The highest BCUT2D eigenvalue weighted by atomic mass is 16.2. The molecule has 2 aliphatic rings. The molecule has 1 N–H and O–H groups in total. The predicted molar refractivity (Wildman–Crippen MR) is 94.4 cm³/mol. The number of carbonyl (C=O) groups excluding carboxylic acids is 1. The molecule has 2 aromatic rings. The van der Waals surface area contributed by atoms with Crippen LogP contribution in [0.3, 0.4) is 0 Å². The van der Waals surface area contributed by atoms with E-state index in [0.29, 0.717) is 17.5 Å². The molecule has 1 heterocycles. The lowest BCUT2D eigenvalue weighted by Gasteiger charge is -2.29. The van der Waals surface area contributed by atoms with Gasteiger partial charge >= 0.3 is 0 Å². The first-order valence-corrected chi connectivity index (χ1v) is 9.18. The van der Waals surface area contributed by atoms with Crippen molar-refractivity contribution in [3.63, 3.8) is 0 Å². The fourth-order valence-corrected chi connectivity index (χ4v) is 3.68. The van der Waals surface area contributed by atoms with Gasteiger partial charge in [0.2, 0.25) is 0 Å². The summed E-state index contributed by atoms with van der Waals surface area (Å²) in [5.74, 6) is 1.10. The minimum absolute atomic E-state index is 0.0111. The zero-order chi connectivity index (χ0) is 16.5. The quantitative estimate of drug-likeness (QED) is 0.922. The molecule has 2 fully saturated rings. The minimum atomic E-state index is 0.0111. The van der Waals surface area contributed by atoms with E-state index in [4.69, 9.17) is 5.10 Å². The maximum absolute atomic E-state index is 12.9. The number of hydrogen-bond donors (Lipinski definition) is 1. The van der Waals surface area contributed by atoms with Crippen molar-refractivity contribution < 1.29 is 4.79 Å². The van der Waals surface area contributed by atoms with Gasteiger partial charge in [-0.3, -0.25) is 4.79 Å². The maximum atomic E-state index is 12.9. The molecule has 24 heavy (non-hydrogen) atoms. The van der Waals surface area contributed by atoms with E-state index >= 15 is 0 Å². The molecule has 2 unspecified atom stereocenters. The summed E-state index contributed by atoms with van der Waals surface area (Å²) in [6, 6.07) is 12.2. The number of benzene rings is 1. The molecule has 0 aliphatic heterocycles. The number of carbonyl (C=O) groups is 1. The molecule has 126 valence electrons. The Balaban J connectivity index is 1.62. The first kappa shape index (κ1) is 15.4. The smallest absolute Gasteiger partial charge is 0.270 e. The Kier molecular flexibility index (Phi) is 4.13. The molecule has 1 amide bonds. The van der Waals surface area contributed by atoms with Gasteiger partial charge in [0.15, 0.2) is 0 Å². The van der Waals surface area contributed by atoms with E-state index in [1.54, 1.807) is 0 Å². The Labute approximate surface area is 143 Å². The summed E-state index contributed by atoms with van der Waals surface area (Å²) in [4.78, 5) is 12.9. The second-order valence-corrected chi connectivity index (χ2v) is 7.32. The van der Waals surface area contributed by atoms with Gasteiger partial charge in [-0.1, -0.05) is 38.0 Å². The molecule has 4 nitrogen and oxygen atoms in total. The molecule has 1 aromatic heterocycles. The lowest BCUT2D eigenvalue weighted by Crippen LogP contribution is -2.41. The highest BCUT2D eigenvalue weighted by Crippen LogP contribution is 2.39. The van der Waals surface area contributed by atoms with Gasteiger partial charge in [-0.2, -0.15) is 5.10 Å². The lowest BCUT2D eigenvalue weighted by molar-refractivity contribution is 0.0902. The highest BCUT2D eigenvalue weighted by molar-refractivity contribution is 5.93. The molecule has 2 saturated carbocycles. The molecular formula is C20H25N3O. The monoisotopic (exact) mass is 323 g/mol. The van der Waals surface area contributed by atoms with Crippen molar-refractivity contribution in [2.24, 2.45) is 5.92 Å². The summed E-state index contributed by atoms with van der Waals surface area (Å²) in [6.45, 7) is 2.24. The third kappa shape index (κ3) is 3.10. The average molecular weight is 323 g/mol.